The molecule has 7 heteroatoms. The number of amides is 1. The second kappa shape index (κ2) is 5.76. The summed E-state index contributed by atoms with van der Waals surface area (Å²) in [6.45, 7) is 0. The third-order valence-electron chi connectivity index (χ3n) is 2.36. The van der Waals surface area contributed by atoms with Gasteiger partial charge in [0, 0.05) is 5.56 Å². The number of H-pyrrole nitrogens is 1. The fourth-order valence-electron chi connectivity index (χ4n) is 1.45. The number of rotatable bonds is 3. The largest absolute Gasteiger partial charge is 0.452 e. The molecule has 0 bridgehead atoms. The van der Waals surface area contributed by atoms with Crippen molar-refractivity contribution in [2.24, 2.45) is 5.10 Å². The molecule has 98 valence electrons. The molecule has 0 unspecified atom stereocenters. The van der Waals surface area contributed by atoms with Crippen LogP contribution in [0.4, 0.5) is 9.18 Å². The van der Waals surface area contributed by atoms with Crippen LogP contribution in [0, 0.1) is 5.82 Å². The van der Waals surface area contributed by atoms with Crippen LogP contribution in [0.15, 0.2) is 35.6 Å². The molecule has 2 rings (SSSR count). The van der Waals surface area contributed by atoms with Crippen LogP contribution in [0.25, 0.3) is 11.1 Å². The molecule has 1 aromatic heterocycles. The van der Waals surface area contributed by atoms with Gasteiger partial charge in [0.1, 0.15) is 5.82 Å². The first-order valence-corrected chi connectivity index (χ1v) is 5.37. The van der Waals surface area contributed by atoms with Crippen molar-refractivity contribution in [1.29, 1.82) is 0 Å². The van der Waals surface area contributed by atoms with Crippen molar-refractivity contribution >= 4 is 12.3 Å². The second-order valence-electron chi connectivity index (χ2n) is 3.57. The van der Waals surface area contributed by atoms with E-state index in [4.69, 9.17) is 0 Å². The van der Waals surface area contributed by atoms with Crippen molar-refractivity contribution in [3.05, 3.63) is 42.0 Å². The highest BCUT2D eigenvalue weighted by Gasteiger charge is 2.06. The lowest BCUT2D eigenvalue weighted by molar-refractivity contribution is 0.171. The van der Waals surface area contributed by atoms with Crippen molar-refractivity contribution in [2.45, 2.75) is 0 Å². The van der Waals surface area contributed by atoms with E-state index in [1.54, 1.807) is 18.3 Å². The van der Waals surface area contributed by atoms with E-state index >= 15 is 0 Å². The minimum Gasteiger partial charge on any atom is -0.452 e. The zero-order valence-electron chi connectivity index (χ0n) is 10.1. The highest BCUT2D eigenvalue weighted by molar-refractivity contribution is 5.88. The quantitative estimate of drug-likeness (QED) is 0.655. The SMILES string of the molecule is COC(=O)N/N=C\c1[nH]ncc1-c1ccc(F)cc1. The van der Waals surface area contributed by atoms with Gasteiger partial charge in [-0.05, 0) is 17.7 Å². The van der Waals surface area contributed by atoms with Crippen LogP contribution in [-0.4, -0.2) is 29.6 Å². The number of aromatic nitrogens is 2. The lowest BCUT2D eigenvalue weighted by Gasteiger charge is -1.99. The van der Waals surface area contributed by atoms with E-state index in [-0.39, 0.29) is 5.82 Å². The summed E-state index contributed by atoms with van der Waals surface area (Å²) in [7, 11) is 1.24. The molecular weight excluding hydrogens is 251 g/mol. The van der Waals surface area contributed by atoms with Gasteiger partial charge < -0.3 is 4.74 Å². The number of hydrogen-bond acceptors (Lipinski definition) is 4. The second-order valence-corrected chi connectivity index (χ2v) is 3.57. The van der Waals surface area contributed by atoms with Crippen LogP contribution in [-0.2, 0) is 4.74 Å². The third-order valence-corrected chi connectivity index (χ3v) is 2.36. The van der Waals surface area contributed by atoms with E-state index in [0.717, 1.165) is 11.1 Å². The van der Waals surface area contributed by atoms with Crippen LogP contribution < -0.4 is 5.43 Å². The van der Waals surface area contributed by atoms with E-state index < -0.39 is 6.09 Å². The Labute approximate surface area is 108 Å². The lowest BCUT2D eigenvalue weighted by Crippen LogP contribution is -2.16. The molecule has 1 aromatic carbocycles. The van der Waals surface area contributed by atoms with E-state index in [2.05, 4.69) is 25.5 Å². The van der Waals surface area contributed by atoms with Gasteiger partial charge in [0.2, 0.25) is 0 Å². The van der Waals surface area contributed by atoms with Gasteiger partial charge in [0.05, 0.1) is 25.2 Å². The van der Waals surface area contributed by atoms with E-state index in [1.165, 1.54) is 25.5 Å². The standard InChI is InChI=1S/C12H11FN4O2/c1-19-12(18)17-15-7-11-10(6-14-16-11)8-2-4-9(13)5-3-8/h2-7H,1H3,(H,14,16)(H,17,18)/b15-7-. The summed E-state index contributed by atoms with van der Waals surface area (Å²) >= 11 is 0. The zero-order valence-corrected chi connectivity index (χ0v) is 10.1. The van der Waals surface area contributed by atoms with Crippen molar-refractivity contribution in [3.63, 3.8) is 0 Å². The number of carbonyl (C=O) groups excluding carboxylic acids is 1. The van der Waals surface area contributed by atoms with Crippen molar-refractivity contribution in [3.8, 4) is 11.1 Å². The van der Waals surface area contributed by atoms with Crippen molar-refractivity contribution in [1.82, 2.24) is 15.6 Å². The maximum atomic E-state index is 12.8. The van der Waals surface area contributed by atoms with Gasteiger partial charge in [-0.15, -0.1) is 0 Å². The Morgan fingerprint density at radius 2 is 2.21 bits per heavy atom. The maximum absolute atomic E-state index is 12.8. The van der Waals surface area contributed by atoms with Crippen LogP contribution >= 0.6 is 0 Å². The van der Waals surface area contributed by atoms with E-state index in [1.807, 2.05) is 0 Å². The number of hydrazone groups is 1. The molecule has 0 aliphatic heterocycles. The number of nitrogens with one attached hydrogen (secondary N) is 2. The number of benzene rings is 1. The average Bonchev–Trinajstić information content (AvgIpc) is 2.88. The molecule has 0 saturated heterocycles. The predicted octanol–water partition coefficient (Wildman–Crippen LogP) is 1.91. The first-order valence-electron chi connectivity index (χ1n) is 5.37. The topological polar surface area (TPSA) is 79.4 Å². The minimum atomic E-state index is -0.668. The highest BCUT2D eigenvalue weighted by Crippen LogP contribution is 2.20. The lowest BCUT2D eigenvalue weighted by atomic mass is 10.1. The predicted molar refractivity (Wildman–Crippen MR) is 67.1 cm³/mol. The van der Waals surface area contributed by atoms with Gasteiger partial charge in [-0.3, -0.25) is 5.10 Å². The van der Waals surface area contributed by atoms with Gasteiger partial charge in [-0.1, -0.05) is 12.1 Å². The van der Waals surface area contributed by atoms with Crippen LogP contribution in [0.5, 0.6) is 0 Å². The normalized spacial score (nSPS) is 10.6. The molecule has 1 amide bonds. The smallest absolute Gasteiger partial charge is 0.427 e. The number of ether oxygens (including phenoxy) is 1. The summed E-state index contributed by atoms with van der Waals surface area (Å²) in [6, 6.07) is 5.97. The molecule has 2 aromatic rings. The number of carbonyl (C=O) groups is 1. The minimum absolute atomic E-state index is 0.310. The molecule has 0 atom stereocenters. The molecule has 0 saturated carbocycles. The molecule has 6 nitrogen and oxygen atoms in total. The summed E-state index contributed by atoms with van der Waals surface area (Å²) in [6.07, 6.45) is 2.31. The van der Waals surface area contributed by atoms with Gasteiger partial charge in [0.15, 0.2) is 0 Å². The van der Waals surface area contributed by atoms with Gasteiger partial charge >= 0.3 is 6.09 Å². The average molecular weight is 262 g/mol. The summed E-state index contributed by atoms with van der Waals surface area (Å²) in [5.74, 6) is -0.310. The Morgan fingerprint density at radius 3 is 2.89 bits per heavy atom. The van der Waals surface area contributed by atoms with E-state index in [0.29, 0.717) is 5.69 Å². The first-order chi connectivity index (χ1) is 9.20. The molecule has 2 N–H and O–H groups in total. The van der Waals surface area contributed by atoms with Crippen molar-refractivity contribution in [2.75, 3.05) is 7.11 Å². The number of methoxy groups -OCH3 is 1. The molecule has 1 heterocycles. The fourth-order valence-corrected chi connectivity index (χ4v) is 1.45. The zero-order chi connectivity index (χ0) is 13.7. The molecule has 0 spiro atoms. The third kappa shape index (κ3) is 3.15. The summed E-state index contributed by atoms with van der Waals surface area (Å²) in [5, 5.41) is 10.3. The number of halogens is 1. The van der Waals surface area contributed by atoms with Crippen LogP contribution in [0.3, 0.4) is 0 Å². The van der Waals surface area contributed by atoms with Gasteiger partial charge in [0.25, 0.3) is 0 Å². The van der Waals surface area contributed by atoms with Crippen LogP contribution in [0.1, 0.15) is 5.69 Å². The Kier molecular flexibility index (Phi) is 3.87. The molecule has 0 radical (unpaired) electrons. The molecule has 0 aliphatic rings. The number of aromatic amines is 1. The van der Waals surface area contributed by atoms with Gasteiger partial charge in [-0.25, -0.2) is 14.6 Å². The maximum Gasteiger partial charge on any atom is 0.427 e. The number of hydrogen-bond donors (Lipinski definition) is 2. The molecule has 0 fully saturated rings. The first kappa shape index (κ1) is 12.7. The van der Waals surface area contributed by atoms with E-state index in [9.17, 15) is 9.18 Å². The summed E-state index contributed by atoms with van der Waals surface area (Å²) in [4.78, 5) is 10.8. The van der Waals surface area contributed by atoms with Crippen LogP contribution in [0.2, 0.25) is 0 Å². The fraction of sp³-hybridized carbons (Fsp3) is 0.0833. The summed E-state index contributed by atoms with van der Waals surface area (Å²) in [5.41, 5.74) is 4.28. The molecular formula is C12H11FN4O2. The van der Waals surface area contributed by atoms with Crippen molar-refractivity contribution < 1.29 is 13.9 Å². The Hall–Kier alpha value is -2.70. The monoisotopic (exact) mass is 262 g/mol. The Balaban J connectivity index is 2.18. The Morgan fingerprint density at radius 1 is 1.47 bits per heavy atom. The highest BCUT2D eigenvalue weighted by atomic mass is 19.1. The summed E-state index contributed by atoms with van der Waals surface area (Å²) < 4.78 is 17.2. The van der Waals surface area contributed by atoms with Gasteiger partial charge in [-0.2, -0.15) is 10.2 Å². The number of nitrogens with zero attached hydrogens (tertiary/aromatic N) is 2. The Bertz CT molecular complexity index is 592. The molecule has 19 heavy (non-hydrogen) atoms. The molecule has 0 aliphatic carbocycles.